The van der Waals surface area contributed by atoms with Gasteiger partial charge in [-0.15, -0.1) is 6.58 Å². The van der Waals surface area contributed by atoms with Crippen LogP contribution in [0, 0.1) is 7.14 Å². The Morgan fingerprint density at radius 3 is 2.42 bits per heavy atom. The summed E-state index contributed by atoms with van der Waals surface area (Å²) >= 11 is 9.51. The van der Waals surface area contributed by atoms with Gasteiger partial charge in [-0.2, -0.15) is 0 Å². The first-order valence-electron chi connectivity index (χ1n) is 9.96. The molecule has 5 nitrogen and oxygen atoms in total. The summed E-state index contributed by atoms with van der Waals surface area (Å²) in [7, 11) is 0. The molecule has 0 radical (unpaired) electrons. The summed E-state index contributed by atoms with van der Waals surface area (Å²) in [6, 6.07) is 18.3. The third-order valence-corrected chi connectivity index (χ3v) is 6.95. The molecular formula is C25H18I2N2O3S. The summed E-state index contributed by atoms with van der Waals surface area (Å²) in [6.45, 7) is 4.30. The molecule has 4 rings (SSSR count). The van der Waals surface area contributed by atoms with Gasteiger partial charge in [-0.1, -0.05) is 42.5 Å². The number of thiocarbonyl (C=S) groups is 1. The summed E-state index contributed by atoms with van der Waals surface area (Å²) in [5, 5.41) is 5.01. The van der Waals surface area contributed by atoms with E-state index in [-0.39, 0.29) is 17.2 Å². The molecule has 166 valence electrons. The summed E-state index contributed by atoms with van der Waals surface area (Å²) in [6.07, 6.45) is 3.14. The molecule has 0 atom stereocenters. The quantitative estimate of drug-likeness (QED) is 0.124. The second-order valence-corrected chi connectivity index (χ2v) is 10.0. The first-order chi connectivity index (χ1) is 15.9. The predicted molar refractivity (Wildman–Crippen MR) is 151 cm³/mol. The average Bonchev–Trinajstić information content (AvgIpc) is 2.79. The molecule has 0 unspecified atom stereocenters. The molecule has 0 aromatic heterocycles. The minimum Gasteiger partial charge on any atom is -0.487 e. The summed E-state index contributed by atoms with van der Waals surface area (Å²) in [4.78, 5) is 26.5. The van der Waals surface area contributed by atoms with E-state index < -0.39 is 11.8 Å². The highest BCUT2D eigenvalue weighted by Gasteiger charge is 2.32. The van der Waals surface area contributed by atoms with Crippen molar-refractivity contribution in [3.8, 4) is 5.75 Å². The monoisotopic (exact) mass is 680 g/mol. The smallest absolute Gasteiger partial charge is 0.265 e. The van der Waals surface area contributed by atoms with Crippen LogP contribution < -0.4 is 10.1 Å². The number of carbonyl (C=O) groups is 2. The van der Waals surface area contributed by atoms with Gasteiger partial charge < -0.3 is 4.74 Å². The van der Waals surface area contributed by atoms with Crippen molar-refractivity contribution in [1.29, 1.82) is 0 Å². The van der Waals surface area contributed by atoms with Gasteiger partial charge in [0.1, 0.15) is 17.9 Å². The van der Waals surface area contributed by atoms with Crippen molar-refractivity contribution in [3.63, 3.8) is 0 Å². The molecule has 0 saturated carbocycles. The first-order valence-corrected chi connectivity index (χ1v) is 12.5. The van der Waals surface area contributed by atoms with Gasteiger partial charge in [0.25, 0.3) is 11.8 Å². The Balaban J connectivity index is 1.56. The zero-order chi connectivity index (χ0) is 23.5. The van der Waals surface area contributed by atoms with Crippen LogP contribution in [0.2, 0.25) is 0 Å². The summed E-state index contributed by atoms with van der Waals surface area (Å²) < 4.78 is 7.90. The lowest BCUT2D eigenvalue weighted by Crippen LogP contribution is -2.53. The van der Waals surface area contributed by atoms with Crippen molar-refractivity contribution >= 4 is 91.2 Å². The van der Waals surface area contributed by atoms with Gasteiger partial charge >= 0.3 is 0 Å². The number of benzene rings is 3. The van der Waals surface area contributed by atoms with E-state index in [0.717, 1.165) is 24.0 Å². The van der Waals surface area contributed by atoms with E-state index in [0.29, 0.717) is 6.61 Å². The fourth-order valence-corrected chi connectivity index (χ4v) is 5.82. The van der Waals surface area contributed by atoms with Crippen LogP contribution in [0.15, 0.2) is 72.8 Å². The molecule has 1 saturated heterocycles. The van der Waals surface area contributed by atoms with Crippen molar-refractivity contribution in [2.75, 3.05) is 6.54 Å². The number of ether oxygens (including phenoxy) is 1. The highest BCUT2D eigenvalue weighted by Crippen LogP contribution is 2.31. The number of nitrogens with one attached hydrogen (secondary N) is 1. The lowest BCUT2D eigenvalue weighted by Gasteiger charge is -2.27. The fraction of sp³-hybridized carbons (Fsp3) is 0.0800. The van der Waals surface area contributed by atoms with E-state index in [1.165, 1.54) is 15.7 Å². The van der Waals surface area contributed by atoms with E-state index in [2.05, 4.69) is 87.4 Å². The molecule has 33 heavy (non-hydrogen) atoms. The van der Waals surface area contributed by atoms with Crippen LogP contribution >= 0.6 is 57.4 Å². The van der Waals surface area contributed by atoms with Crippen LogP contribution in [0.3, 0.4) is 0 Å². The number of nitrogens with zero attached hydrogens (tertiary/aromatic N) is 1. The third kappa shape index (κ3) is 5.28. The van der Waals surface area contributed by atoms with Gasteiger partial charge in [-0.3, -0.25) is 19.8 Å². The molecular weight excluding hydrogens is 662 g/mol. The number of amides is 2. The standard InChI is InChI=1S/C25H18I2N2O3S/c1-2-9-29-24(31)19(23(30)28-25(29)33)11-16-12-20(26)22(21(27)13-16)32-14-15-7-8-17-5-3-4-6-18(17)10-15/h2-8,10-13H,1,9,14H2,(H,28,30,33)/b19-11+. The Bertz CT molecular complexity index is 1310. The molecule has 1 heterocycles. The van der Waals surface area contributed by atoms with Crippen molar-refractivity contribution in [3.05, 3.63) is 91.1 Å². The maximum Gasteiger partial charge on any atom is 0.265 e. The minimum absolute atomic E-state index is 0.0295. The highest BCUT2D eigenvalue weighted by atomic mass is 127. The van der Waals surface area contributed by atoms with Crippen LogP contribution in [0.1, 0.15) is 11.1 Å². The number of rotatable bonds is 6. The van der Waals surface area contributed by atoms with Crippen LogP contribution in [0.5, 0.6) is 5.75 Å². The maximum absolute atomic E-state index is 12.8. The molecule has 0 aliphatic carbocycles. The zero-order valence-corrected chi connectivity index (χ0v) is 22.4. The number of carbonyl (C=O) groups excluding carboxylic acids is 2. The average molecular weight is 680 g/mol. The van der Waals surface area contributed by atoms with Gasteiger partial charge in [-0.05, 0) is 104 Å². The Kier molecular flexibility index (Phi) is 7.45. The number of hydrogen-bond donors (Lipinski definition) is 1. The van der Waals surface area contributed by atoms with Crippen molar-refractivity contribution in [2.45, 2.75) is 6.61 Å². The molecule has 3 aromatic carbocycles. The lowest BCUT2D eigenvalue weighted by molar-refractivity contribution is -0.128. The van der Waals surface area contributed by atoms with Gasteiger partial charge in [-0.25, -0.2) is 0 Å². The number of fused-ring (bicyclic) bond motifs is 1. The van der Waals surface area contributed by atoms with E-state index >= 15 is 0 Å². The third-order valence-electron chi connectivity index (χ3n) is 5.03. The van der Waals surface area contributed by atoms with Gasteiger partial charge in [0, 0.05) is 6.54 Å². The minimum atomic E-state index is -0.507. The predicted octanol–water partition coefficient (Wildman–Crippen LogP) is 5.44. The van der Waals surface area contributed by atoms with Crippen LogP contribution in [-0.4, -0.2) is 28.4 Å². The Morgan fingerprint density at radius 1 is 1.03 bits per heavy atom. The van der Waals surface area contributed by atoms with Crippen molar-refractivity contribution < 1.29 is 14.3 Å². The Labute approximate surface area is 224 Å². The van der Waals surface area contributed by atoms with Crippen molar-refractivity contribution in [1.82, 2.24) is 10.2 Å². The van der Waals surface area contributed by atoms with E-state index in [4.69, 9.17) is 17.0 Å². The molecule has 1 N–H and O–H groups in total. The van der Waals surface area contributed by atoms with Gasteiger partial charge in [0.2, 0.25) is 0 Å². The lowest BCUT2D eigenvalue weighted by atomic mass is 10.1. The number of halogens is 2. The zero-order valence-electron chi connectivity index (χ0n) is 17.3. The summed E-state index contributed by atoms with van der Waals surface area (Å²) in [5.41, 5.74) is 1.84. The molecule has 0 spiro atoms. The van der Waals surface area contributed by atoms with E-state index in [1.807, 2.05) is 24.3 Å². The number of hydrogen-bond acceptors (Lipinski definition) is 4. The first kappa shape index (κ1) is 23.8. The van der Waals surface area contributed by atoms with Crippen LogP contribution in [-0.2, 0) is 16.2 Å². The van der Waals surface area contributed by atoms with Crippen molar-refractivity contribution in [2.24, 2.45) is 0 Å². The van der Waals surface area contributed by atoms with E-state index in [9.17, 15) is 9.59 Å². The largest absolute Gasteiger partial charge is 0.487 e. The topological polar surface area (TPSA) is 58.6 Å². The molecule has 1 fully saturated rings. The van der Waals surface area contributed by atoms with Crippen LogP contribution in [0.25, 0.3) is 16.8 Å². The molecule has 8 heteroatoms. The highest BCUT2D eigenvalue weighted by molar-refractivity contribution is 14.1. The van der Waals surface area contributed by atoms with Gasteiger partial charge in [0.15, 0.2) is 5.11 Å². The van der Waals surface area contributed by atoms with Gasteiger partial charge in [0.05, 0.1) is 7.14 Å². The second-order valence-electron chi connectivity index (χ2n) is 7.31. The SMILES string of the molecule is C=CCN1C(=O)/C(=C/c2cc(I)c(OCc3ccc4ccccc4c3)c(I)c2)C(=O)NC1=S. The van der Waals surface area contributed by atoms with E-state index in [1.54, 1.807) is 12.2 Å². The molecule has 1 aliphatic heterocycles. The Hall–Kier alpha value is -2.31. The normalized spacial score (nSPS) is 15.2. The molecule has 2 amide bonds. The Morgan fingerprint density at radius 2 is 1.73 bits per heavy atom. The molecule has 0 bridgehead atoms. The summed E-state index contributed by atoms with van der Waals surface area (Å²) in [5.74, 6) is -0.183. The van der Waals surface area contributed by atoms with Crippen LogP contribution in [0.4, 0.5) is 0 Å². The molecule has 1 aliphatic rings. The molecule has 3 aromatic rings. The second kappa shape index (κ2) is 10.3. The fourth-order valence-electron chi connectivity index (χ4n) is 3.44. The maximum atomic E-state index is 12.8.